The molecule has 142 valence electrons. The number of rotatable bonds is 5. The van der Waals surface area contributed by atoms with Crippen LogP contribution in [0.3, 0.4) is 0 Å². The van der Waals surface area contributed by atoms with Crippen molar-refractivity contribution in [2.24, 2.45) is 5.92 Å². The van der Waals surface area contributed by atoms with E-state index in [0.29, 0.717) is 36.5 Å². The second-order valence-electron chi connectivity index (χ2n) is 7.54. The van der Waals surface area contributed by atoms with Crippen LogP contribution < -0.4 is 5.56 Å². The first kappa shape index (κ1) is 18.4. The third-order valence-corrected chi connectivity index (χ3v) is 4.90. The largest absolute Gasteiger partial charge is 0.425 e. The van der Waals surface area contributed by atoms with Crippen LogP contribution in [0.15, 0.2) is 15.3 Å². The molecule has 0 unspecified atom stereocenters. The Morgan fingerprint density at radius 1 is 1.42 bits per heavy atom. The van der Waals surface area contributed by atoms with Gasteiger partial charge in [-0.2, -0.15) is 0 Å². The van der Waals surface area contributed by atoms with E-state index in [1.807, 2.05) is 25.7 Å². The van der Waals surface area contributed by atoms with Crippen molar-refractivity contribution in [1.29, 1.82) is 0 Å². The first-order valence-corrected chi connectivity index (χ1v) is 9.23. The van der Waals surface area contributed by atoms with Gasteiger partial charge in [0.25, 0.3) is 5.56 Å². The Balaban J connectivity index is 1.70. The fourth-order valence-electron chi connectivity index (χ4n) is 3.63. The molecule has 0 spiro atoms. The summed E-state index contributed by atoms with van der Waals surface area (Å²) in [6.45, 7) is 9.21. The molecular formula is C18H27N5O3. The molecule has 1 fully saturated rings. The van der Waals surface area contributed by atoms with Crippen LogP contribution in [0.4, 0.5) is 0 Å². The van der Waals surface area contributed by atoms with Gasteiger partial charge in [-0.1, -0.05) is 13.8 Å². The second-order valence-corrected chi connectivity index (χ2v) is 7.54. The van der Waals surface area contributed by atoms with Crippen molar-refractivity contribution in [2.75, 3.05) is 6.54 Å². The van der Waals surface area contributed by atoms with Crippen molar-refractivity contribution in [3.8, 4) is 0 Å². The Labute approximate surface area is 152 Å². The number of carbonyl (C=O) groups excluding carboxylic acids is 1. The molecule has 0 bridgehead atoms. The highest BCUT2D eigenvalue weighted by atomic mass is 16.4. The predicted octanol–water partition coefficient (Wildman–Crippen LogP) is 1.86. The van der Waals surface area contributed by atoms with Gasteiger partial charge in [0.2, 0.25) is 17.7 Å². The van der Waals surface area contributed by atoms with Crippen molar-refractivity contribution in [1.82, 2.24) is 24.9 Å². The van der Waals surface area contributed by atoms with Gasteiger partial charge >= 0.3 is 0 Å². The standard InChI is InChI=1S/C18H27N5O3/c1-11(2)10-23-17(25)9-14(21-23)8-16(24)22-7-5-6-15(12(22)3)18-20-19-13(4)26-18/h9,11-12,15,21H,5-8,10H2,1-4H3/t12-,15-/m0/s1. The van der Waals surface area contributed by atoms with Gasteiger partial charge in [0.05, 0.1) is 12.3 Å². The first-order chi connectivity index (χ1) is 12.3. The highest BCUT2D eigenvalue weighted by molar-refractivity contribution is 5.78. The van der Waals surface area contributed by atoms with Gasteiger partial charge in [-0.3, -0.25) is 19.4 Å². The van der Waals surface area contributed by atoms with E-state index in [0.717, 1.165) is 12.8 Å². The number of carbonyl (C=O) groups is 1. The fraction of sp³-hybridized carbons (Fsp3) is 0.667. The molecule has 1 saturated heterocycles. The van der Waals surface area contributed by atoms with Crippen molar-refractivity contribution in [2.45, 2.75) is 65.5 Å². The topological polar surface area (TPSA) is 97.0 Å². The van der Waals surface area contributed by atoms with E-state index < -0.39 is 0 Å². The third-order valence-electron chi connectivity index (χ3n) is 4.90. The van der Waals surface area contributed by atoms with E-state index in [9.17, 15) is 9.59 Å². The quantitative estimate of drug-likeness (QED) is 0.877. The summed E-state index contributed by atoms with van der Waals surface area (Å²) in [5.74, 6) is 1.56. The minimum atomic E-state index is -0.0904. The van der Waals surface area contributed by atoms with Crippen LogP contribution in [0.1, 0.15) is 57.0 Å². The summed E-state index contributed by atoms with van der Waals surface area (Å²) in [5.41, 5.74) is 0.566. The van der Waals surface area contributed by atoms with Crippen LogP contribution in [0, 0.1) is 12.8 Å². The zero-order valence-corrected chi connectivity index (χ0v) is 15.9. The molecule has 3 rings (SSSR count). The van der Waals surface area contributed by atoms with Crippen molar-refractivity contribution in [3.63, 3.8) is 0 Å². The molecule has 26 heavy (non-hydrogen) atoms. The number of H-pyrrole nitrogens is 1. The number of aromatic nitrogens is 4. The second kappa shape index (κ2) is 7.47. The molecule has 8 heteroatoms. The number of nitrogens with zero attached hydrogens (tertiary/aromatic N) is 4. The normalized spacial score (nSPS) is 20.7. The Morgan fingerprint density at radius 3 is 2.85 bits per heavy atom. The molecule has 1 amide bonds. The maximum atomic E-state index is 12.8. The minimum absolute atomic E-state index is 0.0105. The van der Waals surface area contributed by atoms with Gasteiger partial charge in [0, 0.05) is 37.8 Å². The molecule has 0 radical (unpaired) electrons. The van der Waals surface area contributed by atoms with Gasteiger partial charge in [0.15, 0.2) is 0 Å². The molecular weight excluding hydrogens is 334 g/mol. The molecule has 0 aromatic carbocycles. The average Bonchev–Trinajstić information content (AvgIpc) is 3.13. The lowest BCUT2D eigenvalue weighted by molar-refractivity contribution is -0.134. The van der Waals surface area contributed by atoms with Crippen molar-refractivity contribution in [3.05, 3.63) is 33.9 Å². The van der Waals surface area contributed by atoms with Gasteiger partial charge in [-0.15, -0.1) is 10.2 Å². The molecule has 2 aromatic heterocycles. The summed E-state index contributed by atoms with van der Waals surface area (Å²) < 4.78 is 7.15. The zero-order chi connectivity index (χ0) is 18.8. The van der Waals surface area contributed by atoms with Crippen LogP contribution in [0.25, 0.3) is 0 Å². The minimum Gasteiger partial charge on any atom is -0.425 e. The van der Waals surface area contributed by atoms with Crippen LogP contribution in [0.2, 0.25) is 0 Å². The van der Waals surface area contributed by atoms with Gasteiger partial charge in [0.1, 0.15) is 0 Å². The Kier molecular flexibility index (Phi) is 5.29. The highest BCUT2D eigenvalue weighted by Gasteiger charge is 2.35. The molecule has 1 aliphatic rings. The summed E-state index contributed by atoms with van der Waals surface area (Å²) in [7, 11) is 0. The van der Waals surface area contributed by atoms with E-state index in [1.54, 1.807) is 11.6 Å². The van der Waals surface area contributed by atoms with Crippen molar-refractivity contribution < 1.29 is 9.21 Å². The lowest BCUT2D eigenvalue weighted by Crippen LogP contribution is -2.46. The van der Waals surface area contributed by atoms with Gasteiger partial charge in [-0.25, -0.2) is 0 Å². The first-order valence-electron chi connectivity index (χ1n) is 9.23. The summed E-state index contributed by atoms with van der Waals surface area (Å²) in [6, 6.07) is 1.51. The number of hydrogen-bond acceptors (Lipinski definition) is 5. The monoisotopic (exact) mass is 361 g/mol. The van der Waals surface area contributed by atoms with E-state index in [2.05, 4.69) is 15.3 Å². The number of amides is 1. The maximum Gasteiger partial charge on any atom is 0.266 e. The van der Waals surface area contributed by atoms with E-state index >= 15 is 0 Å². The number of hydrogen-bond donors (Lipinski definition) is 1. The molecule has 0 aliphatic carbocycles. The summed E-state index contributed by atoms with van der Waals surface area (Å²) in [4.78, 5) is 26.7. The van der Waals surface area contributed by atoms with E-state index in [-0.39, 0.29) is 29.8 Å². The lowest BCUT2D eigenvalue weighted by atomic mass is 9.89. The maximum absolute atomic E-state index is 12.8. The molecule has 2 atom stereocenters. The molecule has 0 saturated carbocycles. The number of aryl methyl sites for hydroxylation is 1. The fourth-order valence-corrected chi connectivity index (χ4v) is 3.63. The van der Waals surface area contributed by atoms with Gasteiger partial charge in [-0.05, 0) is 25.7 Å². The molecule has 2 aromatic rings. The number of piperidine rings is 1. The zero-order valence-electron chi connectivity index (χ0n) is 15.9. The summed E-state index contributed by atoms with van der Waals surface area (Å²) in [6.07, 6.45) is 2.02. The number of nitrogens with one attached hydrogen (secondary N) is 1. The number of likely N-dealkylation sites (tertiary alicyclic amines) is 1. The van der Waals surface area contributed by atoms with Crippen LogP contribution in [0.5, 0.6) is 0 Å². The smallest absolute Gasteiger partial charge is 0.266 e. The molecule has 1 N–H and O–H groups in total. The van der Waals surface area contributed by atoms with Crippen LogP contribution in [-0.4, -0.2) is 43.4 Å². The van der Waals surface area contributed by atoms with E-state index in [4.69, 9.17) is 4.42 Å². The Bertz CT molecular complexity index is 819. The van der Waals surface area contributed by atoms with Gasteiger partial charge < -0.3 is 9.32 Å². The predicted molar refractivity (Wildman–Crippen MR) is 95.8 cm³/mol. The lowest BCUT2D eigenvalue weighted by Gasteiger charge is -2.37. The molecule has 1 aliphatic heterocycles. The van der Waals surface area contributed by atoms with Crippen molar-refractivity contribution >= 4 is 5.91 Å². The van der Waals surface area contributed by atoms with E-state index in [1.165, 1.54) is 6.07 Å². The highest BCUT2D eigenvalue weighted by Crippen LogP contribution is 2.32. The Morgan fingerprint density at radius 2 is 2.19 bits per heavy atom. The molecule has 3 heterocycles. The SMILES string of the molecule is Cc1nnc([C@H]2CCCN(C(=O)Cc3cc(=O)n(CC(C)C)[nH]3)[C@H]2C)o1. The third kappa shape index (κ3) is 3.89. The average molecular weight is 361 g/mol. The summed E-state index contributed by atoms with van der Waals surface area (Å²) in [5, 5.41) is 11.1. The van der Waals surface area contributed by atoms with Crippen LogP contribution >= 0.6 is 0 Å². The number of aromatic amines is 1. The summed E-state index contributed by atoms with van der Waals surface area (Å²) >= 11 is 0. The molecule has 8 nitrogen and oxygen atoms in total. The Hall–Kier alpha value is -2.38. The van der Waals surface area contributed by atoms with Crippen LogP contribution in [-0.2, 0) is 17.8 Å².